The average molecular weight is 216 g/mol. The molecule has 0 heterocycles. The average Bonchev–Trinajstić information content (AvgIpc) is 2.98. The highest BCUT2D eigenvalue weighted by Gasteiger charge is 2.41. The zero-order valence-electron chi connectivity index (χ0n) is 7.96. The van der Waals surface area contributed by atoms with Crippen molar-refractivity contribution in [2.24, 2.45) is 0 Å². The van der Waals surface area contributed by atoms with Gasteiger partial charge in [-0.25, -0.2) is 0 Å². The van der Waals surface area contributed by atoms with Gasteiger partial charge in [0.05, 0.1) is 0 Å². The SMILES string of the molecule is OC(c1ccccc1C1CC1)C(F)(F)F. The standard InChI is InChI=1S/C11H11F3O/c12-11(13,14)10(15)9-4-2-1-3-8(9)7-5-6-7/h1-4,7,10,15H,5-6H2. The van der Waals surface area contributed by atoms with E-state index in [1.54, 1.807) is 12.1 Å². The van der Waals surface area contributed by atoms with E-state index in [1.165, 1.54) is 12.1 Å². The van der Waals surface area contributed by atoms with Gasteiger partial charge in [0, 0.05) is 0 Å². The minimum absolute atomic E-state index is 0.00694. The van der Waals surface area contributed by atoms with Gasteiger partial charge in [0.1, 0.15) is 0 Å². The van der Waals surface area contributed by atoms with Crippen LogP contribution in [0.4, 0.5) is 13.2 Å². The van der Waals surface area contributed by atoms with Crippen LogP contribution in [0.5, 0.6) is 0 Å². The molecule has 0 spiro atoms. The first-order valence-corrected chi connectivity index (χ1v) is 4.84. The van der Waals surface area contributed by atoms with Gasteiger partial charge in [0.25, 0.3) is 0 Å². The van der Waals surface area contributed by atoms with Crippen LogP contribution in [-0.4, -0.2) is 11.3 Å². The topological polar surface area (TPSA) is 20.2 Å². The Morgan fingerprint density at radius 3 is 2.33 bits per heavy atom. The van der Waals surface area contributed by atoms with Crippen LogP contribution in [0, 0.1) is 0 Å². The summed E-state index contributed by atoms with van der Waals surface area (Å²) in [6.07, 6.45) is -5.09. The maximum Gasteiger partial charge on any atom is 0.418 e. The molecule has 1 aliphatic rings. The number of hydrogen-bond donors (Lipinski definition) is 1. The second-order valence-corrected chi connectivity index (χ2v) is 3.85. The third kappa shape index (κ3) is 2.15. The van der Waals surface area contributed by atoms with Crippen LogP contribution in [0.25, 0.3) is 0 Å². The lowest BCUT2D eigenvalue weighted by Crippen LogP contribution is -2.21. The Morgan fingerprint density at radius 2 is 1.80 bits per heavy atom. The summed E-state index contributed by atoms with van der Waals surface area (Å²) < 4.78 is 37.0. The van der Waals surface area contributed by atoms with Gasteiger partial charge in [-0.2, -0.15) is 13.2 Å². The quantitative estimate of drug-likeness (QED) is 0.805. The Morgan fingerprint density at radius 1 is 1.20 bits per heavy atom. The number of alkyl halides is 3. The molecule has 1 saturated carbocycles. The van der Waals surface area contributed by atoms with Gasteiger partial charge in [-0.15, -0.1) is 0 Å². The van der Waals surface area contributed by atoms with Crippen LogP contribution in [-0.2, 0) is 0 Å². The number of hydrogen-bond acceptors (Lipinski definition) is 1. The molecule has 0 bridgehead atoms. The summed E-state index contributed by atoms with van der Waals surface area (Å²) in [7, 11) is 0. The van der Waals surface area contributed by atoms with E-state index < -0.39 is 12.3 Å². The lowest BCUT2D eigenvalue weighted by atomic mass is 9.98. The van der Waals surface area contributed by atoms with E-state index in [2.05, 4.69) is 0 Å². The van der Waals surface area contributed by atoms with Gasteiger partial charge >= 0.3 is 6.18 Å². The summed E-state index contributed by atoms with van der Waals surface area (Å²) in [5, 5.41) is 9.19. The zero-order chi connectivity index (χ0) is 11.1. The van der Waals surface area contributed by atoms with Gasteiger partial charge in [0.15, 0.2) is 6.10 Å². The first kappa shape index (κ1) is 10.5. The van der Waals surface area contributed by atoms with E-state index in [9.17, 15) is 18.3 Å². The molecule has 0 saturated heterocycles. The molecule has 1 atom stereocenters. The molecular formula is C11H11F3O. The van der Waals surface area contributed by atoms with Crippen LogP contribution in [0.2, 0.25) is 0 Å². The largest absolute Gasteiger partial charge is 0.418 e. The molecule has 1 fully saturated rings. The molecule has 82 valence electrons. The van der Waals surface area contributed by atoms with Gasteiger partial charge in [-0.1, -0.05) is 24.3 Å². The molecule has 1 aromatic rings. The molecule has 1 unspecified atom stereocenters. The molecule has 4 heteroatoms. The second kappa shape index (κ2) is 3.52. The van der Waals surface area contributed by atoms with Gasteiger partial charge < -0.3 is 5.11 Å². The Bertz CT molecular complexity index is 355. The molecule has 15 heavy (non-hydrogen) atoms. The number of aliphatic hydroxyl groups is 1. The molecule has 0 aromatic heterocycles. The molecule has 0 radical (unpaired) electrons. The van der Waals surface area contributed by atoms with Crippen molar-refractivity contribution in [2.45, 2.75) is 31.0 Å². The van der Waals surface area contributed by atoms with Crippen LogP contribution >= 0.6 is 0 Å². The Labute approximate surface area is 85.5 Å². The maximum absolute atomic E-state index is 12.3. The first-order valence-electron chi connectivity index (χ1n) is 4.84. The summed E-state index contributed by atoms with van der Waals surface area (Å²) >= 11 is 0. The van der Waals surface area contributed by atoms with Crippen molar-refractivity contribution in [3.05, 3.63) is 35.4 Å². The van der Waals surface area contributed by atoms with Crippen LogP contribution < -0.4 is 0 Å². The normalized spacial score (nSPS) is 18.9. The van der Waals surface area contributed by atoms with Crippen molar-refractivity contribution in [1.29, 1.82) is 0 Å². The molecule has 0 aliphatic heterocycles. The molecular weight excluding hydrogens is 205 g/mol. The number of halogens is 3. The minimum atomic E-state index is -4.58. The highest BCUT2D eigenvalue weighted by Crippen LogP contribution is 2.45. The fraction of sp³-hybridized carbons (Fsp3) is 0.455. The van der Waals surface area contributed by atoms with E-state index in [-0.39, 0.29) is 11.5 Å². The fourth-order valence-electron chi connectivity index (χ4n) is 1.70. The second-order valence-electron chi connectivity index (χ2n) is 3.85. The highest BCUT2D eigenvalue weighted by atomic mass is 19.4. The zero-order valence-corrected chi connectivity index (χ0v) is 7.96. The Hall–Kier alpha value is -1.03. The fourth-order valence-corrected chi connectivity index (χ4v) is 1.70. The molecule has 0 amide bonds. The predicted molar refractivity (Wildman–Crippen MR) is 49.4 cm³/mol. The smallest absolute Gasteiger partial charge is 0.379 e. The lowest BCUT2D eigenvalue weighted by molar-refractivity contribution is -0.207. The van der Waals surface area contributed by atoms with E-state index in [4.69, 9.17) is 0 Å². The molecule has 1 nitrogen and oxygen atoms in total. The monoisotopic (exact) mass is 216 g/mol. The van der Waals surface area contributed by atoms with Gasteiger partial charge in [-0.05, 0) is 29.9 Å². The lowest BCUT2D eigenvalue weighted by Gasteiger charge is -2.17. The molecule has 1 aliphatic carbocycles. The van der Waals surface area contributed by atoms with E-state index in [0.29, 0.717) is 5.56 Å². The number of benzene rings is 1. The van der Waals surface area contributed by atoms with Crippen molar-refractivity contribution in [1.82, 2.24) is 0 Å². The van der Waals surface area contributed by atoms with E-state index in [0.717, 1.165) is 12.8 Å². The van der Waals surface area contributed by atoms with Crippen molar-refractivity contribution < 1.29 is 18.3 Å². The Balaban J connectivity index is 2.34. The summed E-state index contributed by atoms with van der Waals surface area (Å²) in [5.41, 5.74) is 0.648. The van der Waals surface area contributed by atoms with Crippen LogP contribution in [0.3, 0.4) is 0 Å². The van der Waals surface area contributed by atoms with Crippen molar-refractivity contribution >= 4 is 0 Å². The number of aliphatic hydroxyl groups excluding tert-OH is 1. The molecule has 1 N–H and O–H groups in total. The van der Waals surface area contributed by atoms with Gasteiger partial charge in [-0.3, -0.25) is 0 Å². The van der Waals surface area contributed by atoms with Crippen molar-refractivity contribution in [3.8, 4) is 0 Å². The third-order valence-corrected chi connectivity index (χ3v) is 2.62. The molecule has 1 aromatic carbocycles. The maximum atomic E-state index is 12.3. The van der Waals surface area contributed by atoms with Gasteiger partial charge in [0.2, 0.25) is 0 Å². The van der Waals surface area contributed by atoms with Crippen LogP contribution in [0.15, 0.2) is 24.3 Å². The third-order valence-electron chi connectivity index (χ3n) is 2.62. The Kier molecular flexibility index (Phi) is 2.46. The highest BCUT2D eigenvalue weighted by molar-refractivity contribution is 5.35. The molecule has 2 rings (SSSR count). The predicted octanol–water partition coefficient (Wildman–Crippen LogP) is 3.16. The van der Waals surface area contributed by atoms with Crippen LogP contribution in [0.1, 0.15) is 36.0 Å². The first-order chi connectivity index (χ1) is 7.00. The summed E-state index contributed by atoms with van der Waals surface area (Å²) in [4.78, 5) is 0. The van der Waals surface area contributed by atoms with Crippen molar-refractivity contribution in [2.75, 3.05) is 0 Å². The minimum Gasteiger partial charge on any atom is -0.379 e. The van der Waals surface area contributed by atoms with E-state index in [1.807, 2.05) is 0 Å². The summed E-state index contributed by atoms with van der Waals surface area (Å²) in [6, 6.07) is 6.25. The van der Waals surface area contributed by atoms with E-state index >= 15 is 0 Å². The summed E-state index contributed by atoms with van der Waals surface area (Å²) in [5.74, 6) is 0.207. The summed E-state index contributed by atoms with van der Waals surface area (Å²) in [6.45, 7) is 0. The van der Waals surface area contributed by atoms with Crippen molar-refractivity contribution in [3.63, 3.8) is 0 Å². The number of rotatable bonds is 2.